The Morgan fingerprint density at radius 3 is 0.800 bits per heavy atom. The van der Waals surface area contributed by atoms with E-state index >= 15 is 0 Å². The summed E-state index contributed by atoms with van der Waals surface area (Å²) in [5, 5.41) is 0. The van der Waals surface area contributed by atoms with Gasteiger partial charge in [-0.3, -0.25) is 0 Å². The van der Waals surface area contributed by atoms with Gasteiger partial charge in [-0.2, -0.15) is 92.2 Å². The van der Waals surface area contributed by atoms with Gasteiger partial charge in [-0.15, -0.1) is 0 Å². The molecule has 0 atom stereocenters. The van der Waals surface area contributed by atoms with Gasteiger partial charge < -0.3 is 4.74 Å². The van der Waals surface area contributed by atoms with Crippen molar-refractivity contribution in [1.29, 1.82) is 0 Å². The Hall–Kier alpha value is -1.71. The van der Waals surface area contributed by atoms with Gasteiger partial charge in [0.1, 0.15) is 0 Å². The minimum atomic E-state index is -9.26. The largest absolute Gasteiger partial charge is 0.474 e. The molecule has 0 bridgehead atoms. The van der Waals surface area contributed by atoms with Gasteiger partial charge in [0.2, 0.25) is 0 Å². The van der Waals surface area contributed by atoms with Crippen molar-refractivity contribution in [1.82, 2.24) is 0 Å². The van der Waals surface area contributed by atoms with E-state index in [1.54, 1.807) is 0 Å². The number of alkyl halides is 21. The second-order valence-electron chi connectivity index (χ2n) is 5.95. The molecule has 0 aromatic carbocycles. The normalized spacial score (nSPS) is 16.4. The molecule has 0 aliphatic heterocycles. The molecule has 0 saturated heterocycles. The van der Waals surface area contributed by atoms with E-state index in [1.165, 1.54) is 0 Å². The van der Waals surface area contributed by atoms with Gasteiger partial charge in [0.05, 0.1) is 0 Å². The van der Waals surface area contributed by atoms with Crippen molar-refractivity contribution < 1.29 is 102 Å². The Balaban J connectivity index is 7.05. The zero-order chi connectivity index (χ0) is 29.3. The number of halogens is 22. The maximum atomic E-state index is 13.3. The van der Waals surface area contributed by atoms with Crippen LogP contribution in [0.4, 0.5) is 97.0 Å². The number of rotatable bonds is 9. The van der Waals surface area contributed by atoms with Crippen molar-refractivity contribution in [2.24, 2.45) is 0 Å². The highest BCUT2D eigenvalue weighted by Crippen LogP contribution is 2.66. The quantitative estimate of drug-likeness (QED) is 0.202. The van der Waals surface area contributed by atoms with Crippen LogP contribution in [0.1, 0.15) is 0 Å². The first kappa shape index (κ1) is 33.3. The summed E-state index contributed by atoms with van der Waals surface area (Å²) in [5.41, 5.74) is -3.30. The molecule has 0 aliphatic carbocycles. The monoisotopic (exact) mass is 598 g/mol. The van der Waals surface area contributed by atoms with Crippen molar-refractivity contribution in [2.45, 2.75) is 59.7 Å². The summed E-state index contributed by atoms with van der Waals surface area (Å²) in [6.45, 7) is 0. The van der Waals surface area contributed by atoms with Gasteiger partial charge in [-0.05, 0) is 0 Å². The summed E-state index contributed by atoms with van der Waals surface area (Å²) in [7, 11) is 0. The Bertz CT molecular complexity index is 811. The number of carbonyl (C=O) groups excluding carboxylic acids is 1. The molecular weight excluding hydrogens is 599 g/mol. The van der Waals surface area contributed by atoms with Gasteiger partial charge in [-0.25, -0.2) is 4.79 Å². The zero-order valence-corrected chi connectivity index (χ0v) is 15.4. The lowest BCUT2D eigenvalue weighted by atomic mass is 9.87. The van der Waals surface area contributed by atoms with E-state index < -0.39 is 65.1 Å². The second kappa shape index (κ2) is 8.15. The molecule has 0 aliphatic rings. The molecule has 0 saturated carbocycles. The van der Waals surface area contributed by atoms with Crippen LogP contribution in [0.15, 0.2) is 0 Å². The number of hydrogen-bond donors (Lipinski definition) is 0. The maximum Gasteiger partial charge on any atom is 0.474 e. The average molecular weight is 599 g/mol. The fourth-order valence-corrected chi connectivity index (χ4v) is 1.81. The Morgan fingerprint density at radius 2 is 0.600 bits per heavy atom. The maximum absolute atomic E-state index is 13.3. The highest BCUT2D eigenvalue weighted by molar-refractivity contribution is 6.61. The van der Waals surface area contributed by atoms with Gasteiger partial charge in [0, 0.05) is 11.6 Å². The Kier molecular flexibility index (Phi) is 7.75. The Morgan fingerprint density at radius 1 is 0.400 bits per heavy atom. The van der Waals surface area contributed by atoms with E-state index in [4.69, 9.17) is 0 Å². The summed E-state index contributed by atoms with van der Waals surface area (Å²) in [6, 6.07) is 0. The molecule has 0 unspecified atom stereocenters. The van der Waals surface area contributed by atoms with E-state index in [9.17, 15) is 97.0 Å². The number of ether oxygens (including phenoxy) is 1. The van der Waals surface area contributed by atoms with Gasteiger partial charge in [0.15, 0.2) is 0 Å². The van der Waals surface area contributed by atoms with E-state index in [0.29, 0.717) is 0 Å². The molecule has 0 radical (unpaired) electrons. The minimum absolute atomic E-state index is 1.89. The summed E-state index contributed by atoms with van der Waals surface area (Å²) in [5.74, 6) is -71.4. The van der Waals surface area contributed by atoms with Gasteiger partial charge >= 0.3 is 65.1 Å². The van der Waals surface area contributed by atoms with Crippen LogP contribution in [0, 0.1) is 0 Å². The molecule has 0 fully saturated rings. The standard InChI is InChI=1S/C11ClF21O2/c12-1(34)35-11(32,33)9(27,28)7(23,24)5(19,20)3(15,16)2(13,14)4(17,18)6(21,22)8(25,26)10(29,30)31. The van der Waals surface area contributed by atoms with Gasteiger partial charge in [-0.1, -0.05) is 0 Å². The lowest BCUT2D eigenvalue weighted by molar-refractivity contribution is -0.481. The SMILES string of the molecule is O=C(Cl)OC(F)(F)C(F)(F)C(F)(F)C(F)(F)C(F)(F)C(F)(F)C(F)(F)C(F)(F)C(F)(F)C(F)(F)F. The highest BCUT2D eigenvalue weighted by atomic mass is 35.5. The van der Waals surface area contributed by atoms with Crippen molar-refractivity contribution in [2.75, 3.05) is 0 Å². The van der Waals surface area contributed by atoms with Crippen LogP contribution in [0.25, 0.3) is 0 Å². The lowest BCUT2D eigenvalue weighted by Gasteiger charge is -2.44. The van der Waals surface area contributed by atoms with Crippen molar-refractivity contribution in [3.8, 4) is 0 Å². The summed E-state index contributed by atoms with van der Waals surface area (Å²) < 4.78 is 273. The smallest absolute Gasteiger partial charge is 0.384 e. The molecule has 0 spiro atoms. The predicted octanol–water partition coefficient (Wildman–Crippen LogP) is 7.60. The van der Waals surface area contributed by atoms with Crippen LogP contribution >= 0.6 is 11.6 Å². The zero-order valence-electron chi connectivity index (χ0n) is 14.6. The first-order chi connectivity index (χ1) is 14.7. The second-order valence-corrected chi connectivity index (χ2v) is 6.26. The van der Waals surface area contributed by atoms with Crippen LogP contribution in [-0.4, -0.2) is 65.1 Å². The molecule has 0 N–H and O–H groups in total. The van der Waals surface area contributed by atoms with Crippen LogP contribution < -0.4 is 0 Å². The van der Waals surface area contributed by atoms with Crippen LogP contribution in [0.2, 0.25) is 0 Å². The molecule has 2 nitrogen and oxygen atoms in total. The molecule has 0 rings (SSSR count). The Labute approximate surface area is 179 Å². The van der Waals surface area contributed by atoms with Crippen molar-refractivity contribution >= 4 is 17.0 Å². The molecule has 35 heavy (non-hydrogen) atoms. The molecule has 0 aromatic rings. The fourth-order valence-electron chi connectivity index (χ4n) is 1.71. The molecule has 210 valence electrons. The molecule has 0 amide bonds. The molecule has 0 heterocycles. The average Bonchev–Trinajstić information content (AvgIpc) is 2.58. The van der Waals surface area contributed by atoms with Crippen LogP contribution in [0.3, 0.4) is 0 Å². The van der Waals surface area contributed by atoms with Crippen molar-refractivity contribution in [3.05, 3.63) is 0 Å². The predicted molar refractivity (Wildman–Crippen MR) is 62.9 cm³/mol. The third-order valence-corrected chi connectivity index (χ3v) is 3.77. The van der Waals surface area contributed by atoms with E-state index in [0.717, 1.165) is 0 Å². The van der Waals surface area contributed by atoms with Gasteiger partial charge in [0.25, 0.3) is 0 Å². The summed E-state index contributed by atoms with van der Waals surface area (Å²) >= 11 is 3.86. The number of carbonyl (C=O) groups is 1. The van der Waals surface area contributed by atoms with Crippen molar-refractivity contribution in [3.63, 3.8) is 0 Å². The minimum Gasteiger partial charge on any atom is -0.384 e. The molecular formula is C11ClF21O2. The highest BCUT2D eigenvalue weighted by Gasteiger charge is 2.98. The summed E-state index contributed by atoms with van der Waals surface area (Å²) in [4.78, 5) is 9.94. The third-order valence-electron chi connectivity index (χ3n) is 3.69. The molecule has 24 heteroatoms. The third kappa shape index (κ3) is 4.17. The van der Waals surface area contributed by atoms with Crippen LogP contribution in [-0.2, 0) is 4.74 Å². The fraction of sp³-hybridized carbons (Fsp3) is 0.909. The molecule has 0 aromatic heterocycles. The first-order valence-corrected chi connectivity index (χ1v) is 7.40. The van der Waals surface area contributed by atoms with Crippen LogP contribution in [0.5, 0.6) is 0 Å². The van der Waals surface area contributed by atoms with E-state index in [-0.39, 0.29) is 0 Å². The van der Waals surface area contributed by atoms with E-state index in [2.05, 4.69) is 11.6 Å². The first-order valence-electron chi connectivity index (χ1n) is 7.02. The number of hydrogen-bond acceptors (Lipinski definition) is 2. The summed E-state index contributed by atoms with van der Waals surface area (Å²) in [6.07, 6.45) is -15.5. The van der Waals surface area contributed by atoms with E-state index in [1.807, 2.05) is 4.74 Å². The lowest BCUT2D eigenvalue weighted by Crippen LogP contribution is -2.77. The topological polar surface area (TPSA) is 26.3 Å².